The minimum absolute atomic E-state index is 0.317. The summed E-state index contributed by atoms with van der Waals surface area (Å²) in [6.45, 7) is 5.75. The van der Waals surface area contributed by atoms with Crippen LogP contribution in [0.5, 0.6) is 5.75 Å². The van der Waals surface area contributed by atoms with Gasteiger partial charge in [-0.15, -0.1) is 0 Å². The van der Waals surface area contributed by atoms with E-state index in [1.165, 1.54) is 24.8 Å². The molecule has 0 bridgehead atoms. The fourth-order valence-corrected chi connectivity index (χ4v) is 2.30. The first-order valence-corrected chi connectivity index (χ1v) is 7.02. The van der Waals surface area contributed by atoms with Crippen LogP contribution in [0.1, 0.15) is 38.7 Å². The molecule has 1 aliphatic carbocycles. The summed E-state index contributed by atoms with van der Waals surface area (Å²) >= 11 is 0. The number of hydrogen-bond acceptors (Lipinski definition) is 2. The van der Waals surface area contributed by atoms with E-state index in [0.717, 1.165) is 24.8 Å². The molecule has 2 heteroatoms. The smallest absolute Gasteiger partial charge is 0.122 e. The predicted molar refractivity (Wildman–Crippen MR) is 76.1 cm³/mol. The van der Waals surface area contributed by atoms with Gasteiger partial charge < -0.3 is 10.1 Å². The van der Waals surface area contributed by atoms with Crippen LogP contribution in [0.25, 0.3) is 0 Å². The maximum Gasteiger partial charge on any atom is 0.122 e. The van der Waals surface area contributed by atoms with E-state index in [-0.39, 0.29) is 0 Å². The lowest BCUT2D eigenvalue weighted by Gasteiger charge is -2.29. The largest absolute Gasteiger partial charge is 0.496 e. The Morgan fingerprint density at radius 2 is 2.06 bits per heavy atom. The molecule has 1 aromatic rings. The maximum atomic E-state index is 5.45. The van der Waals surface area contributed by atoms with E-state index in [4.69, 9.17) is 4.74 Å². The van der Waals surface area contributed by atoms with E-state index in [1.54, 1.807) is 7.11 Å². The third-order valence-corrected chi connectivity index (χ3v) is 4.06. The monoisotopic (exact) mass is 247 g/mol. The lowest BCUT2D eigenvalue weighted by molar-refractivity contribution is 0.284. The number of methoxy groups -OCH3 is 1. The number of rotatable bonds is 7. The molecule has 0 amide bonds. The molecule has 18 heavy (non-hydrogen) atoms. The highest BCUT2D eigenvalue weighted by Gasteiger charge is 2.28. The highest BCUT2D eigenvalue weighted by atomic mass is 16.5. The lowest BCUT2D eigenvalue weighted by atomic mass is 9.81. The zero-order chi connectivity index (χ0) is 13.0. The molecule has 100 valence electrons. The number of para-hydroxylation sites is 1. The first kappa shape index (κ1) is 13.4. The van der Waals surface area contributed by atoms with Crippen LogP contribution in [0.2, 0.25) is 0 Å². The second-order valence-corrected chi connectivity index (χ2v) is 5.81. The molecule has 1 aliphatic rings. The zero-order valence-corrected chi connectivity index (χ0v) is 11.8. The van der Waals surface area contributed by atoms with Crippen molar-refractivity contribution in [2.75, 3.05) is 13.7 Å². The minimum Gasteiger partial charge on any atom is -0.496 e. The molecule has 1 saturated carbocycles. The number of ether oxygens (including phenoxy) is 1. The molecule has 0 spiro atoms. The molecule has 2 rings (SSSR count). The van der Waals surface area contributed by atoms with E-state index < -0.39 is 0 Å². The van der Waals surface area contributed by atoms with Gasteiger partial charge in [-0.05, 0) is 42.7 Å². The second kappa shape index (κ2) is 5.75. The molecular formula is C16H25NO. The van der Waals surface area contributed by atoms with Crippen molar-refractivity contribution in [3.05, 3.63) is 29.8 Å². The van der Waals surface area contributed by atoms with Crippen LogP contribution in [0.15, 0.2) is 24.3 Å². The number of nitrogens with one attached hydrogen (secondary N) is 1. The Balaban J connectivity index is 2.02. The van der Waals surface area contributed by atoms with Gasteiger partial charge in [-0.25, -0.2) is 0 Å². The Hall–Kier alpha value is -1.02. The first-order valence-electron chi connectivity index (χ1n) is 7.02. The molecular weight excluding hydrogens is 222 g/mol. The van der Waals surface area contributed by atoms with Crippen molar-refractivity contribution >= 4 is 0 Å². The summed E-state index contributed by atoms with van der Waals surface area (Å²) < 4.78 is 5.45. The van der Waals surface area contributed by atoms with E-state index in [1.807, 2.05) is 6.07 Å². The highest BCUT2D eigenvalue weighted by Crippen LogP contribution is 2.31. The van der Waals surface area contributed by atoms with Crippen LogP contribution >= 0.6 is 0 Å². The van der Waals surface area contributed by atoms with Gasteiger partial charge in [-0.1, -0.05) is 32.0 Å². The summed E-state index contributed by atoms with van der Waals surface area (Å²) in [6.07, 6.45) is 4.97. The third-order valence-electron chi connectivity index (χ3n) is 4.06. The Labute approximate surface area is 111 Å². The molecule has 0 aromatic heterocycles. The first-order chi connectivity index (χ1) is 8.67. The molecule has 1 fully saturated rings. The van der Waals surface area contributed by atoms with Crippen molar-refractivity contribution in [1.29, 1.82) is 0 Å². The summed E-state index contributed by atoms with van der Waals surface area (Å²) in [4.78, 5) is 0. The van der Waals surface area contributed by atoms with Crippen LogP contribution in [-0.4, -0.2) is 19.7 Å². The van der Waals surface area contributed by atoms with Gasteiger partial charge in [-0.3, -0.25) is 0 Å². The molecule has 1 atom stereocenters. The Kier molecular flexibility index (Phi) is 4.28. The van der Waals surface area contributed by atoms with Gasteiger partial charge in [0.25, 0.3) is 0 Å². The second-order valence-electron chi connectivity index (χ2n) is 5.81. The Morgan fingerprint density at radius 3 is 2.67 bits per heavy atom. The average Bonchev–Trinajstić information content (AvgIpc) is 3.21. The average molecular weight is 247 g/mol. The van der Waals surface area contributed by atoms with Crippen molar-refractivity contribution in [2.45, 2.75) is 45.6 Å². The lowest BCUT2D eigenvalue weighted by Crippen LogP contribution is -2.34. The summed E-state index contributed by atoms with van der Waals surface area (Å²) in [7, 11) is 1.75. The van der Waals surface area contributed by atoms with Crippen LogP contribution in [-0.2, 0) is 6.42 Å². The Bertz CT molecular complexity index is 386. The Morgan fingerprint density at radius 1 is 1.33 bits per heavy atom. The van der Waals surface area contributed by atoms with Crippen molar-refractivity contribution < 1.29 is 4.74 Å². The van der Waals surface area contributed by atoms with Gasteiger partial charge in [0.05, 0.1) is 7.11 Å². The highest BCUT2D eigenvalue weighted by molar-refractivity contribution is 5.34. The van der Waals surface area contributed by atoms with Gasteiger partial charge in [0.2, 0.25) is 0 Å². The van der Waals surface area contributed by atoms with Gasteiger partial charge >= 0.3 is 0 Å². The fourth-order valence-electron chi connectivity index (χ4n) is 2.30. The molecule has 1 aromatic carbocycles. The fraction of sp³-hybridized carbons (Fsp3) is 0.625. The third kappa shape index (κ3) is 3.49. The van der Waals surface area contributed by atoms with Crippen LogP contribution in [0.4, 0.5) is 0 Å². The van der Waals surface area contributed by atoms with Crippen LogP contribution < -0.4 is 10.1 Å². The summed E-state index contributed by atoms with van der Waals surface area (Å²) in [6, 6.07) is 9.16. The molecule has 1 unspecified atom stereocenters. The normalized spacial score (nSPS) is 18.4. The predicted octanol–water partition coefficient (Wildman–Crippen LogP) is 3.41. The zero-order valence-electron chi connectivity index (χ0n) is 11.8. The molecule has 1 N–H and O–H groups in total. The van der Waals surface area contributed by atoms with Gasteiger partial charge in [0.15, 0.2) is 0 Å². The van der Waals surface area contributed by atoms with E-state index in [0.29, 0.717) is 5.41 Å². The van der Waals surface area contributed by atoms with E-state index >= 15 is 0 Å². The van der Waals surface area contributed by atoms with Crippen molar-refractivity contribution in [2.24, 2.45) is 5.41 Å². The van der Waals surface area contributed by atoms with E-state index in [2.05, 4.69) is 37.4 Å². The molecule has 0 saturated heterocycles. The SMILES string of the molecule is CCC(C)(CNC1CC1)Cc1ccccc1OC. The standard InChI is InChI=1S/C16H25NO/c1-4-16(2,12-17-14-9-10-14)11-13-7-5-6-8-15(13)18-3/h5-8,14,17H,4,9-12H2,1-3H3. The summed E-state index contributed by atoms with van der Waals surface area (Å²) in [5.41, 5.74) is 1.64. The van der Waals surface area contributed by atoms with Crippen LogP contribution in [0.3, 0.4) is 0 Å². The van der Waals surface area contributed by atoms with Crippen molar-refractivity contribution in [3.8, 4) is 5.75 Å². The maximum absolute atomic E-state index is 5.45. The molecule has 0 aliphatic heterocycles. The molecule has 0 radical (unpaired) electrons. The van der Waals surface area contributed by atoms with Crippen molar-refractivity contribution in [1.82, 2.24) is 5.32 Å². The summed E-state index contributed by atoms with van der Waals surface area (Å²) in [5.74, 6) is 1.02. The van der Waals surface area contributed by atoms with Gasteiger partial charge in [0, 0.05) is 12.6 Å². The van der Waals surface area contributed by atoms with Gasteiger partial charge in [0.1, 0.15) is 5.75 Å². The van der Waals surface area contributed by atoms with E-state index in [9.17, 15) is 0 Å². The number of benzene rings is 1. The topological polar surface area (TPSA) is 21.3 Å². The quantitative estimate of drug-likeness (QED) is 0.797. The minimum atomic E-state index is 0.317. The molecule has 2 nitrogen and oxygen atoms in total. The van der Waals surface area contributed by atoms with Crippen molar-refractivity contribution in [3.63, 3.8) is 0 Å². The molecule has 0 heterocycles. The van der Waals surface area contributed by atoms with Crippen LogP contribution in [0, 0.1) is 5.41 Å². The summed E-state index contributed by atoms with van der Waals surface area (Å²) in [5, 5.41) is 3.67. The van der Waals surface area contributed by atoms with Gasteiger partial charge in [-0.2, -0.15) is 0 Å². The number of hydrogen-bond donors (Lipinski definition) is 1.